The first-order chi connectivity index (χ1) is 13.7. The van der Waals surface area contributed by atoms with Crippen molar-refractivity contribution in [2.75, 3.05) is 44.6 Å². The second-order valence-corrected chi connectivity index (χ2v) is 6.80. The molecule has 170 valence electrons. The number of benzene rings is 1. The Morgan fingerprint density at radius 3 is 2.80 bits per heavy atom. The summed E-state index contributed by atoms with van der Waals surface area (Å²) < 4.78 is 43.2. The number of amides is 1. The van der Waals surface area contributed by atoms with Gasteiger partial charge in [-0.2, -0.15) is 13.2 Å². The molecule has 1 aliphatic rings. The van der Waals surface area contributed by atoms with E-state index in [1.807, 2.05) is 6.92 Å². The zero-order chi connectivity index (χ0) is 21.3. The van der Waals surface area contributed by atoms with Crippen LogP contribution in [0.5, 0.6) is 5.75 Å². The van der Waals surface area contributed by atoms with Crippen LogP contribution in [0.4, 0.5) is 18.9 Å². The lowest BCUT2D eigenvalue weighted by molar-refractivity contribution is -0.143. The van der Waals surface area contributed by atoms with Crippen molar-refractivity contribution in [1.82, 2.24) is 15.5 Å². The fourth-order valence-corrected chi connectivity index (χ4v) is 3.05. The number of likely N-dealkylation sites (tertiary alicyclic amines) is 1. The second kappa shape index (κ2) is 12.8. The lowest BCUT2D eigenvalue weighted by Crippen LogP contribution is -2.45. The molecule has 11 heteroatoms. The van der Waals surface area contributed by atoms with Crippen molar-refractivity contribution >= 4 is 41.5 Å². The number of rotatable bonds is 8. The molecule has 0 bridgehead atoms. The third kappa shape index (κ3) is 10.3. The molecule has 0 spiro atoms. The predicted octanol–water partition coefficient (Wildman–Crippen LogP) is 2.83. The van der Waals surface area contributed by atoms with Crippen molar-refractivity contribution in [3.63, 3.8) is 0 Å². The number of halogens is 4. The normalized spacial score (nSPS) is 17.2. The van der Waals surface area contributed by atoms with Gasteiger partial charge in [-0.05, 0) is 25.5 Å². The van der Waals surface area contributed by atoms with Gasteiger partial charge in [-0.3, -0.25) is 9.69 Å². The molecule has 0 saturated carbocycles. The number of ether oxygens (including phenoxy) is 1. The number of nitrogens with one attached hydrogen (secondary N) is 3. The molecule has 1 atom stereocenters. The summed E-state index contributed by atoms with van der Waals surface area (Å²) in [5.41, 5.74) is 0.651. The highest BCUT2D eigenvalue weighted by molar-refractivity contribution is 14.0. The molecule has 3 N–H and O–H groups in total. The Hall–Kier alpha value is -1.76. The maximum atomic E-state index is 12.5. The summed E-state index contributed by atoms with van der Waals surface area (Å²) in [5, 5.41) is 8.97. The molecular weight excluding hydrogens is 514 g/mol. The quantitative estimate of drug-likeness (QED) is 0.204. The van der Waals surface area contributed by atoms with Crippen LogP contribution in [0.15, 0.2) is 29.3 Å². The van der Waals surface area contributed by atoms with E-state index in [-0.39, 0.29) is 35.9 Å². The summed E-state index contributed by atoms with van der Waals surface area (Å²) in [6, 6.07) is 6.98. The van der Waals surface area contributed by atoms with Gasteiger partial charge in [0.15, 0.2) is 5.96 Å². The van der Waals surface area contributed by atoms with Gasteiger partial charge in [-0.15, -0.1) is 24.0 Å². The van der Waals surface area contributed by atoms with Gasteiger partial charge in [0.05, 0.1) is 13.1 Å². The molecule has 7 nitrogen and oxygen atoms in total. The smallest absolute Gasteiger partial charge is 0.401 e. The number of nitrogens with zero attached hydrogens (tertiary/aromatic N) is 2. The van der Waals surface area contributed by atoms with E-state index in [1.165, 1.54) is 11.8 Å². The summed E-state index contributed by atoms with van der Waals surface area (Å²) in [6.45, 7) is 4.55. The molecule has 1 aromatic carbocycles. The summed E-state index contributed by atoms with van der Waals surface area (Å²) in [7, 11) is 0. The lowest BCUT2D eigenvalue weighted by atomic mass is 10.3. The number of alkyl halides is 3. The molecule has 0 aromatic heterocycles. The first-order valence-electron chi connectivity index (χ1n) is 9.59. The number of hydrogen-bond donors (Lipinski definition) is 3. The molecule has 30 heavy (non-hydrogen) atoms. The number of anilines is 1. The SMILES string of the molecule is CCNC(=NCCOc1cccc(NC(C)=O)c1)NC1CCN(CC(F)(F)F)C1.I. The van der Waals surface area contributed by atoms with Crippen LogP contribution in [0.2, 0.25) is 0 Å². The minimum atomic E-state index is -4.18. The average Bonchev–Trinajstić information content (AvgIpc) is 3.03. The molecule has 1 amide bonds. The van der Waals surface area contributed by atoms with Crippen LogP contribution < -0.4 is 20.7 Å². The molecule has 0 aliphatic carbocycles. The lowest BCUT2D eigenvalue weighted by Gasteiger charge is -2.19. The first kappa shape index (κ1) is 26.3. The van der Waals surface area contributed by atoms with Crippen molar-refractivity contribution in [3.05, 3.63) is 24.3 Å². The highest BCUT2D eigenvalue weighted by Crippen LogP contribution is 2.20. The minimum absolute atomic E-state index is 0. The van der Waals surface area contributed by atoms with Gasteiger partial charge in [-0.1, -0.05) is 6.07 Å². The van der Waals surface area contributed by atoms with E-state index in [0.29, 0.717) is 56.6 Å². The second-order valence-electron chi connectivity index (χ2n) is 6.80. The molecule has 1 heterocycles. The maximum Gasteiger partial charge on any atom is 0.401 e. The van der Waals surface area contributed by atoms with E-state index >= 15 is 0 Å². The Kier molecular flexibility index (Phi) is 11.2. The molecule has 1 unspecified atom stereocenters. The van der Waals surface area contributed by atoms with Gasteiger partial charge in [0, 0.05) is 44.4 Å². The van der Waals surface area contributed by atoms with E-state index in [0.717, 1.165) is 0 Å². The fraction of sp³-hybridized carbons (Fsp3) is 0.579. The highest BCUT2D eigenvalue weighted by atomic mass is 127. The zero-order valence-electron chi connectivity index (χ0n) is 17.1. The van der Waals surface area contributed by atoms with Crippen molar-refractivity contribution in [2.45, 2.75) is 32.5 Å². The molecule has 1 aromatic rings. The molecule has 2 rings (SSSR count). The number of hydrogen-bond acceptors (Lipinski definition) is 4. The minimum Gasteiger partial charge on any atom is -0.492 e. The molecular formula is C19H29F3IN5O2. The Morgan fingerprint density at radius 2 is 2.13 bits per heavy atom. The Bertz CT molecular complexity index is 703. The van der Waals surface area contributed by atoms with Crippen LogP contribution in [0, 0.1) is 0 Å². The van der Waals surface area contributed by atoms with Crippen LogP contribution in [0.1, 0.15) is 20.3 Å². The molecule has 1 aliphatic heterocycles. The van der Waals surface area contributed by atoms with Crippen LogP contribution >= 0.6 is 24.0 Å². The number of aliphatic imine (C=N–C) groups is 1. The van der Waals surface area contributed by atoms with Crippen LogP contribution in [-0.2, 0) is 4.79 Å². The van der Waals surface area contributed by atoms with Gasteiger partial charge in [0.1, 0.15) is 12.4 Å². The van der Waals surface area contributed by atoms with E-state index in [9.17, 15) is 18.0 Å². The van der Waals surface area contributed by atoms with Gasteiger partial charge in [0.25, 0.3) is 0 Å². The van der Waals surface area contributed by atoms with Gasteiger partial charge < -0.3 is 20.7 Å². The Labute approximate surface area is 191 Å². The number of guanidine groups is 1. The fourth-order valence-electron chi connectivity index (χ4n) is 3.05. The monoisotopic (exact) mass is 543 g/mol. The van der Waals surface area contributed by atoms with Gasteiger partial charge >= 0.3 is 6.18 Å². The Balaban J connectivity index is 0.00000450. The Morgan fingerprint density at radius 1 is 1.37 bits per heavy atom. The largest absolute Gasteiger partial charge is 0.492 e. The van der Waals surface area contributed by atoms with Crippen LogP contribution in [-0.4, -0.2) is 68.3 Å². The number of carbonyl (C=O) groups excluding carboxylic acids is 1. The molecule has 0 radical (unpaired) electrons. The van der Waals surface area contributed by atoms with E-state index in [1.54, 1.807) is 24.3 Å². The standard InChI is InChI=1S/C19H28F3N5O2.HI/c1-3-23-18(26-16-7-9-27(12-16)13-19(20,21)22)24-8-10-29-17-6-4-5-15(11-17)25-14(2)28;/h4-6,11,16H,3,7-10,12-13H2,1-2H3,(H,25,28)(H2,23,24,26);1H. The average molecular weight is 543 g/mol. The predicted molar refractivity (Wildman–Crippen MR) is 122 cm³/mol. The summed E-state index contributed by atoms with van der Waals surface area (Å²) in [4.78, 5) is 16.9. The van der Waals surface area contributed by atoms with Crippen LogP contribution in [0.3, 0.4) is 0 Å². The van der Waals surface area contributed by atoms with E-state index in [2.05, 4.69) is 20.9 Å². The van der Waals surface area contributed by atoms with Crippen LogP contribution in [0.25, 0.3) is 0 Å². The van der Waals surface area contributed by atoms with E-state index < -0.39 is 12.7 Å². The summed E-state index contributed by atoms with van der Waals surface area (Å²) in [6.07, 6.45) is -3.55. The molecule has 1 saturated heterocycles. The van der Waals surface area contributed by atoms with Crippen molar-refractivity contribution in [2.24, 2.45) is 4.99 Å². The third-order valence-electron chi connectivity index (χ3n) is 4.14. The third-order valence-corrected chi connectivity index (χ3v) is 4.14. The topological polar surface area (TPSA) is 78.0 Å². The highest BCUT2D eigenvalue weighted by Gasteiger charge is 2.34. The maximum absolute atomic E-state index is 12.5. The van der Waals surface area contributed by atoms with Gasteiger partial charge in [-0.25, -0.2) is 4.99 Å². The zero-order valence-corrected chi connectivity index (χ0v) is 19.4. The first-order valence-corrected chi connectivity index (χ1v) is 9.59. The van der Waals surface area contributed by atoms with Crippen molar-refractivity contribution in [1.29, 1.82) is 0 Å². The van der Waals surface area contributed by atoms with E-state index in [4.69, 9.17) is 4.74 Å². The summed E-state index contributed by atoms with van der Waals surface area (Å²) >= 11 is 0. The van der Waals surface area contributed by atoms with Crippen molar-refractivity contribution in [3.8, 4) is 5.75 Å². The number of carbonyl (C=O) groups is 1. The van der Waals surface area contributed by atoms with Gasteiger partial charge in [0.2, 0.25) is 5.91 Å². The summed E-state index contributed by atoms with van der Waals surface area (Å²) in [5.74, 6) is 1.01. The van der Waals surface area contributed by atoms with Crippen molar-refractivity contribution < 1.29 is 22.7 Å². The molecule has 1 fully saturated rings.